The zero-order valence-electron chi connectivity index (χ0n) is 15.4. The van der Waals surface area contributed by atoms with Gasteiger partial charge in [-0.05, 0) is 41.6 Å². The second-order valence-corrected chi connectivity index (χ2v) is 6.97. The first-order chi connectivity index (χ1) is 13.6. The summed E-state index contributed by atoms with van der Waals surface area (Å²) in [5.41, 5.74) is 1.76. The minimum Gasteiger partial charge on any atom is -0.370 e. The average Bonchev–Trinajstić information content (AvgIpc) is 2.73. The minimum absolute atomic E-state index is 0.00262. The van der Waals surface area contributed by atoms with Crippen LogP contribution in [-0.4, -0.2) is 35.5 Å². The molecule has 0 saturated carbocycles. The molecule has 4 rings (SSSR count). The van der Waals surface area contributed by atoms with Gasteiger partial charge >= 0.3 is 0 Å². The lowest BCUT2D eigenvalue weighted by atomic mass is 10.1. The largest absolute Gasteiger partial charge is 0.370 e. The van der Waals surface area contributed by atoms with E-state index < -0.39 is 5.82 Å². The number of carbonyl (C=O) groups is 1. The van der Waals surface area contributed by atoms with Crippen molar-refractivity contribution in [1.29, 1.82) is 0 Å². The molecule has 28 heavy (non-hydrogen) atoms. The molecule has 1 aliphatic heterocycles. The lowest BCUT2D eigenvalue weighted by molar-refractivity contribution is -0.139. The highest BCUT2D eigenvalue weighted by Crippen LogP contribution is 2.22. The molecule has 0 radical (unpaired) electrons. The number of halogens is 1. The van der Waals surface area contributed by atoms with Gasteiger partial charge in [0.2, 0.25) is 5.91 Å². The molecule has 3 aromatic rings. The Morgan fingerprint density at radius 2 is 2.00 bits per heavy atom. The Bertz CT molecular complexity index is 1050. The second-order valence-electron chi connectivity index (χ2n) is 6.97. The summed E-state index contributed by atoms with van der Waals surface area (Å²) in [5.74, 6) is -0.394. The van der Waals surface area contributed by atoms with Gasteiger partial charge in [0.1, 0.15) is 11.9 Å². The molecule has 1 fully saturated rings. The number of rotatable bonds is 4. The van der Waals surface area contributed by atoms with Crippen LogP contribution >= 0.6 is 0 Å². The number of carbonyl (C=O) groups excluding carboxylic acids is 1. The smallest absolute Gasteiger partial charge is 0.251 e. The van der Waals surface area contributed by atoms with Gasteiger partial charge in [-0.3, -0.25) is 9.59 Å². The fraction of sp³-hybridized carbons (Fsp3) is 0.273. The van der Waals surface area contributed by atoms with Gasteiger partial charge in [0.25, 0.3) is 5.56 Å². The standard InChI is InChI=1S/C22H21FN2O3/c23-18-8-6-16-12-17(22(27)24-19(16)13-18)7-9-21(26)25-10-11-28-20(14-25)15-4-2-1-3-5-15/h1-6,8,12-13,20H,7,9-11,14H2,(H,24,27). The minimum atomic E-state index is -0.397. The molecular weight excluding hydrogens is 359 g/mol. The van der Waals surface area contributed by atoms with Gasteiger partial charge in [-0.15, -0.1) is 0 Å². The summed E-state index contributed by atoms with van der Waals surface area (Å²) in [6, 6.07) is 15.9. The summed E-state index contributed by atoms with van der Waals surface area (Å²) < 4.78 is 19.1. The molecule has 1 aromatic heterocycles. The lowest BCUT2D eigenvalue weighted by Gasteiger charge is -2.33. The Hall–Kier alpha value is -2.99. The monoisotopic (exact) mass is 380 g/mol. The van der Waals surface area contributed by atoms with Gasteiger partial charge in [0.15, 0.2) is 0 Å². The number of ether oxygens (including phenoxy) is 1. The number of hydrogen-bond acceptors (Lipinski definition) is 3. The number of aryl methyl sites for hydroxylation is 1. The molecule has 1 unspecified atom stereocenters. The molecule has 0 aliphatic carbocycles. The predicted molar refractivity (Wildman–Crippen MR) is 105 cm³/mol. The summed E-state index contributed by atoms with van der Waals surface area (Å²) in [6.45, 7) is 1.55. The van der Waals surface area contributed by atoms with E-state index in [9.17, 15) is 14.0 Å². The van der Waals surface area contributed by atoms with Gasteiger partial charge in [-0.1, -0.05) is 30.3 Å². The lowest BCUT2D eigenvalue weighted by Crippen LogP contribution is -2.42. The van der Waals surface area contributed by atoms with Crippen molar-refractivity contribution in [2.24, 2.45) is 0 Å². The number of pyridine rings is 1. The van der Waals surface area contributed by atoms with Crippen LogP contribution in [0, 0.1) is 5.82 Å². The number of aromatic nitrogens is 1. The van der Waals surface area contributed by atoms with E-state index in [-0.39, 0.29) is 24.0 Å². The molecule has 1 aliphatic rings. The van der Waals surface area contributed by atoms with E-state index in [0.29, 0.717) is 37.2 Å². The number of nitrogens with zero attached hydrogens (tertiary/aromatic N) is 1. The summed E-state index contributed by atoms with van der Waals surface area (Å²) in [4.78, 5) is 29.4. The SMILES string of the molecule is O=C(CCc1cc2ccc(F)cc2[nH]c1=O)N1CCOC(c2ccccc2)C1. The van der Waals surface area contributed by atoms with Crippen molar-refractivity contribution in [3.05, 3.63) is 81.9 Å². The highest BCUT2D eigenvalue weighted by molar-refractivity contribution is 5.79. The third-order valence-corrected chi connectivity index (χ3v) is 5.08. The van der Waals surface area contributed by atoms with Crippen LogP contribution in [0.1, 0.15) is 23.7 Å². The molecule has 1 atom stereocenters. The maximum atomic E-state index is 13.3. The van der Waals surface area contributed by atoms with Crippen LogP contribution in [0.25, 0.3) is 10.9 Å². The second kappa shape index (κ2) is 7.94. The van der Waals surface area contributed by atoms with E-state index in [0.717, 1.165) is 10.9 Å². The summed E-state index contributed by atoms with van der Waals surface area (Å²) >= 11 is 0. The van der Waals surface area contributed by atoms with Crippen molar-refractivity contribution in [3.63, 3.8) is 0 Å². The Morgan fingerprint density at radius 1 is 1.18 bits per heavy atom. The number of amides is 1. The van der Waals surface area contributed by atoms with Crippen molar-refractivity contribution in [2.75, 3.05) is 19.7 Å². The van der Waals surface area contributed by atoms with E-state index >= 15 is 0 Å². The number of hydrogen-bond donors (Lipinski definition) is 1. The van der Waals surface area contributed by atoms with E-state index in [1.807, 2.05) is 30.3 Å². The van der Waals surface area contributed by atoms with Gasteiger partial charge < -0.3 is 14.6 Å². The Kier molecular flexibility index (Phi) is 5.21. The first-order valence-corrected chi connectivity index (χ1v) is 9.36. The van der Waals surface area contributed by atoms with E-state index in [1.54, 1.807) is 17.0 Å². The Balaban J connectivity index is 1.43. The van der Waals surface area contributed by atoms with Crippen molar-refractivity contribution >= 4 is 16.8 Å². The molecule has 5 nitrogen and oxygen atoms in total. The van der Waals surface area contributed by atoms with Crippen LogP contribution in [0.5, 0.6) is 0 Å². The van der Waals surface area contributed by atoms with Crippen LogP contribution < -0.4 is 5.56 Å². The third kappa shape index (κ3) is 3.97. The quantitative estimate of drug-likeness (QED) is 0.756. The first kappa shape index (κ1) is 18.4. The molecule has 0 bridgehead atoms. The third-order valence-electron chi connectivity index (χ3n) is 5.08. The zero-order chi connectivity index (χ0) is 19.5. The fourth-order valence-electron chi connectivity index (χ4n) is 3.55. The van der Waals surface area contributed by atoms with Crippen LogP contribution in [-0.2, 0) is 16.0 Å². The van der Waals surface area contributed by atoms with Gasteiger partial charge in [0.05, 0.1) is 18.7 Å². The number of aromatic amines is 1. The number of nitrogens with one attached hydrogen (secondary N) is 1. The molecule has 1 saturated heterocycles. The summed E-state index contributed by atoms with van der Waals surface area (Å²) in [7, 11) is 0. The maximum absolute atomic E-state index is 13.3. The van der Waals surface area contributed by atoms with Crippen molar-refractivity contribution in [2.45, 2.75) is 18.9 Å². The number of morpholine rings is 1. The highest BCUT2D eigenvalue weighted by atomic mass is 19.1. The van der Waals surface area contributed by atoms with Crippen molar-refractivity contribution in [1.82, 2.24) is 9.88 Å². The first-order valence-electron chi connectivity index (χ1n) is 9.36. The maximum Gasteiger partial charge on any atom is 0.251 e. The van der Waals surface area contributed by atoms with Crippen LogP contribution in [0.3, 0.4) is 0 Å². The molecule has 1 amide bonds. The highest BCUT2D eigenvalue weighted by Gasteiger charge is 2.25. The molecule has 144 valence electrons. The molecular formula is C22H21FN2O3. The van der Waals surface area contributed by atoms with E-state index in [2.05, 4.69) is 4.98 Å². The van der Waals surface area contributed by atoms with Crippen LogP contribution in [0.4, 0.5) is 4.39 Å². The average molecular weight is 380 g/mol. The normalized spacial score (nSPS) is 17.0. The molecule has 1 N–H and O–H groups in total. The molecule has 0 spiro atoms. The van der Waals surface area contributed by atoms with Gasteiger partial charge in [-0.25, -0.2) is 4.39 Å². The molecule has 2 heterocycles. The number of benzene rings is 2. The van der Waals surface area contributed by atoms with Crippen molar-refractivity contribution < 1.29 is 13.9 Å². The summed E-state index contributed by atoms with van der Waals surface area (Å²) in [5, 5.41) is 0.749. The topological polar surface area (TPSA) is 62.4 Å². The number of fused-ring (bicyclic) bond motifs is 1. The molecule has 2 aromatic carbocycles. The van der Waals surface area contributed by atoms with Gasteiger partial charge in [-0.2, -0.15) is 0 Å². The zero-order valence-corrected chi connectivity index (χ0v) is 15.4. The fourth-order valence-corrected chi connectivity index (χ4v) is 3.55. The number of H-pyrrole nitrogens is 1. The molecule has 6 heteroatoms. The predicted octanol–water partition coefficient (Wildman–Crippen LogP) is 3.20. The van der Waals surface area contributed by atoms with Gasteiger partial charge in [0, 0.05) is 18.5 Å². The Labute approximate surface area is 161 Å². The van der Waals surface area contributed by atoms with Crippen LogP contribution in [0.2, 0.25) is 0 Å². The Morgan fingerprint density at radius 3 is 2.82 bits per heavy atom. The van der Waals surface area contributed by atoms with Crippen molar-refractivity contribution in [3.8, 4) is 0 Å². The summed E-state index contributed by atoms with van der Waals surface area (Å²) in [6.07, 6.45) is 0.462. The van der Waals surface area contributed by atoms with E-state index in [1.165, 1.54) is 12.1 Å². The van der Waals surface area contributed by atoms with E-state index in [4.69, 9.17) is 4.74 Å². The van der Waals surface area contributed by atoms with Crippen LogP contribution in [0.15, 0.2) is 59.4 Å².